The Hall–Kier alpha value is -1.65. The number of nitrogens with zero attached hydrogens (tertiary/aromatic N) is 2. The van der Waals surface area contributed by atoms with Crippen molar-refractivity contribution in [1.82, 2.24) is 15.1 Å². The maximum Gasteiger partial charge on any atom is 0.0864 e. The van der Waals surface area contributed by atoms with Crippen molar-refractivity contribution in [1.29, 1.82) is 0 Å². The van der Waals surface area contributed by atoms with Crippen LogP contribution in [0.3, 0.4) is 0 Å². The summed E-state index contributed by atoms with van der Waals surface area (Å²) in [6.07, 6.45) is 4.04. The average Bonchev–Trinajstić information content (AvgIpc) is 3.11. The van der Waals surface area contributed by atoms with Crippen molar-refractivity contribution in [3.05, 3.63) is 48.3 Å². The van der Waals surface area contributed by atoms with Gasteiger partial charge in [0.15, 0.2) is 0 Å². The fraction of sp³-hybridized carbons (Fsp3) is 0.438. The van der Waals surface area contributed by atoms with E-state index in [4.69, 9.17) is 4.74 Å². The van der Waals surface area contributed by atoms with Gasteiger partial charge >= 0.3 is 0 Å². The van der Waals surface area contributed by atoms with Crippen LogP contribution < -0.4 is 5.32 Å². The summed E-state index contributed by atoms with van der Waals surface area (Å²) in [6.45, 7) is 3.03. The van der Waals surface area contributed by atoms with E-state index in [1.165, 1.54) is 0 Å². The van der Waals surface area contributed by atoms with Crippen LogP contribution in [0.4, 0.5) is 0 Å². The van der Waals surface area contributed by atoms with E-state index in [0.717, 1.165) is 30.8 Å². The quantitative estimate of drug-likeness (QED) is 0.929. The highest BCUT2D eigenvalue weighted by Gasteiger charge is 2.40. The predicted octanol–water partition coefficient (Wildman–Crippen LogP) is 2.70. The highest BCUT2D eigenvalue weighted by atomic mass is 16.5. The van der Waals surface area contributed by atoms with Gasteiger partial charge in [-0.25, -0.2) is 4.68 Å². The molecule has 1 saturated heterocycles. The molecule has 4 nitrogen and oxygen atoms in total. The fourth-order valence-corrected chi connectivity index (χ4v) is 3.11. The largest absolute Gasteiger partial charge is 0.373 e. The van der Waals surface area contributed by atoms with E-state index in [9.17, 15) is 0 Å². The Morgan fingerprint density at radius 3 is 2.75 bits per heavy atom. The summed E-state index contributed by atoms with van der Waals surface area (Å²) in [5.41, 5.74) is 2.05. The Bertz CT molecular complexity index is 558. The second-order valence-electron chi connectivity index (χ2n) is 5.49. The third-order valence-electron chi connectivity index (χ3n) is 4.12. The van der Waals surface area contributed by atoms with E-state index >= 15 is 0 Å². The van der Waals surface area contributed by atoms with Crippen LogP contribution in [0.5, 0.6) is 0 Å². The first kappa shape index (κ1) is 13.3. The van der Waals surface area contributed by atoms with E-state index in [2.05, 4.69) is 35.5 Å². The highest BCUT2D eigenvalue weighted by molar-refractivity contribution is 5.33. The van der Waals surface area contributed by atoms with E-state index in [1.54, 1.807) is 0 Å². The van der Waals surface area contributed by atoms with Crippen LogP contribution in [0.2, 0.25) is 0 Å². The summed E-state index contributed by atoms with van der Waals surface area (Å²) in [6, 6.07) is 12.4. The smallest absolute Gasteiger partial charge is 0.0864 e. The summed E-state index contributed by atoms with van der Waals surface area (Å²) < 4.78 is 8.00. The zero-order valence-corrected chi connectivity index (χ0v) is 12.0. The van der Waals surface area contributed by atoms with E-state index in [-0.39, 0.29) is 11.6 Å². The SMILES string of the molecule is CNC(c1ccnn1-c1ccccc1)C1(C)CCCO1. The summed E-state index contributed by atoms with van der Waals surface area (Å²) in [7, 11) is 1.99. The van der Waals surface area contributed by atoms with Gasteiger partial charge in [0.05, 0.1) is 23.0 Å². The minimum absolute atomic E-state index is 0.132. The summed E-state index contributed by atoms with van der Waals surface area (Å²) in [5.74, 6) is 0. The van der Waals surface area contributed by atoms with Crippen LogP contribution in [-0.2, 0) is 4.74 Å². The Morgan fingerprint density at radius 2 is 2.10 bits per heavy atom. The first-order valence-corrected chi connectivity index (χ1v) is 7.15. The Balaban J connectivity index is 2.00. The lowest BCUT2D eigenvalue weighted by molar-refractivity contribution is -0.0122. The molecule has 2 unspecified atom stereocenters. The Morgan fingerprint density at radius 1 is 1.30 bits per heavy atom. The van der Waals surface area contributed by atoms with Gasteiger partial charge in [0.25, 0.3) is 0 Å². The molecular formula is C16H21N3O. The minimum atomic E-state index is -0.165. The van der Waals surface area contributed by atoms with Gasteiger partial charge in [-0.15, -0.1) is 0 Å². The molecule has 1 fully saturated rings. The van der Waals surface area contributed by atoms with Gasteiger partial charge in [0, 0.05) is 12.8 Å². The Kier molecular flexibility index (Phi) is 3.59. The number of hydrogen-bond donors (Lipinski definition) is 1. The molecule has 1 N–H and O–H groups in total. The van der Waals surface area contributed by atoms with Crippen LogP contribution in [0, 0.1) is 0 Å². The zero-order valence-electron chi connectivity index (χ0n) is 12.0. The molecule has 2 aromatic rings. The molecule has 0 amide bonds. The number of aromatic nitrogens is 2. The number of nitrogens with one attached hydrogen (secondary N) is 1. The predicted molar refractivity (Wildman–Crippen MR) is 79.0 cm³/mol. The van der Waals surface area contributed by atoms with Gasteiger partial charge in [-0.3, -0.25) is 0 Å². The van der Waals surface area contributed by atoms with Crippen LogP contribution in [0.1, 0.15) is 31.5 Å². The summed E-state index contributed by atoms with van der Waals surface area (Å²) in [4.78, 5) is 0. The minimum Gasteiger partial charge on any atom is -0.373 e. The normalized spacial score (nSPS) is 23.9. The molecule has 1 aromatic carbocycles. The molecule has 2 heterocycles. The molecule has 2 atom stereocenters. The standard InChI is InChI=1S/C16H21N3O/c1-16(10-6-12-20-16)15(17-2)14-9-11-18-19(14)13-7-4-3-5-8-13/h3-5,7-9,11,15,17H,6,10,12H2,1-2H3. The number of likely N-dealkylation sites (N-methyl/N-ethyl adjacent to an activating group) is 1. The first-order valence-electron chi connectivity index (χ1n) is 7.15. The molecule has 0 saturated carbocycles. The molecule has 3 rings (SSSR count). The van der Waals surface area contributed by atoms with Crippen molar-refractivity contribution in [3.63, 3.8) is 0 Å². The molecular weight excluding hydrogens is 250 g/mol. The van der Waals surface area contributed by atoms with Crippen LogP contribution >= 0.6 is 0 Å². The lowest BCUT2D eigenvalue weighted by Crippen LogP contribution is -2.40. The number of benzene rings is 1. The third kappa shape index (κ3) is 2.25. The van der Waals surface area contributed by atoms with Gasteiger partial charge in [0.2, 0.25) is 0 Å². The number of hydrogen-bond acceptors (Lipinski definition) is 3. The molecule has 1 aromatic heterocycles. The highest BCUT2D eigenvalue weighted by Crippen LogP contribution is 2.37. The molecule has 0 aliphatic carbocycles. The van der Waals surface area contributed by atoms with Crippen molar-refractivity contribution >= 4 is 0 Å². The molecule has 1 aliphatic rings. The maximum absolute atomic E-state index is 6.00. The van der Waals surface area contributed by atoms with Crippen LogP contribution in [0.25, 0.3) is 5.69 Å². The fourth-order valence-electron chi connectivity index (χ4n) is 3.11. The molecule has 0 spiro atoms. The summed E-state index contributed by atoms with van der Waals surface area (Å²) in [5, 5.41) is 7.89. The second-order valence-corrected chi connectivity index (χ2v) is 5.49. The van der Waals surface area contributed by atoms with E-state index < -0.39 is 0 Å². The van der Waals surface area contributed by atoms with Gasteiger partial charge in [-0.2, -0.15) is 5.10 Å². The van der Waals surface area contributed by atoms with Gasteiger partial charge in [0.1, 0.15) is 0 Å². The van der Waals surface area contributed by atoms with Crippen molar-refractivity contribution in [2.24, 2.45) is 0 Å². The summed E-state index contributed by atoms with van der Waals surface area (Å²) >= 11 is 0. The monoisotopic (exact) mass is 271 g/mol. The topological polar surface area (TPSA) is 39.1 Å². The van der Waals surface area contributed by atoms with Gasteiger partial charge in [-0.1, -0.05) is 18.2 Å². The lowest BCUT2D eigenvalue weighted by Gasteiger charge is -2.33. The van der Waals surface area contributed by atoms with Crippen molar-refractivity contribution in [2.45, 2.75) is 31.4 Å². The van der Waals surface area contributed by atoms with Gasteiger partial charge in [-0.05, 0) is 45.0 Å². The molecule has 106 valence electrons. The van der Waals surface area contributed by atoms with Crippen molar-refractivity contribution < 1.29 is 4.74 Å². The zero-order chi connectivity index (χ0) is 14.0. The lowest BCUT2D eigenvalue weighted by atomic mass is 9.90. The van der Waals surface area contributed by atoms with E-state index in [1.807, 2.05) is 36.1 Å². The van der Waals surface area contributed by atoms with E-state index in [0.29, 0.717) is 0 Å². The number of rotatable bonds is 4. The third-order valence-corrected chi connectivity index (χ3v) is 4.12. The molecule has 1 aliphatic heterocycles. The average molecular weight is 271 g/mol. The maximum atomic E-state index is 6.00. The Labute approximate surface area is 119 Å². The molecule has 0 bridgehead atoms. The first-order chi connectivity index (χ1) is 9.74. The molecule has 4 heteroatoms. The van der Waals surface area contributed by atoms with Crippen molar-refractivity contribution in [2.75, 3.05) is 13.7 Å². The van der Waals surface area contributed by atoms with Crippen LogP contribution in [0.15, 0.2) is 42.6 Å². The van der Waals surface area contributed by atoms with Crippen molar-refractivity contribution in [3.8, 4) is 5.69 Å². The van der Waals surface area contributed by atoms with Gasteiger partial charge < -0.3 is 10.1 Å². The molecule has 20 heavy (non-hydrogen) atoms. The number of para-hydroxylation sites is 1. The number of ether oxygens (including phenoxy) is 1. The second kappa shape index (κ2) is 5.38. The van der Waals surface area contributed by atoms with Crippen LogP contribution in [-0.4, -0.2) is 29.0 Å². The molecule has 0 radical (unpaired) electrons.